The van der Waals surface area contributed by atoms with Crippen LogP contribution in [-0.2, 0) is 0 Å². The van der Waals surface area contributed by atoms with Gasteiger partial charge >= 0.3 is 6.03 Å². The molecule has 0 aliphatic heterocycles. The zero-order chi connectivity index (χ0) is 15.5. The van der Waals surface area contributed by atoms with Crippen molar-refractivity contribution in [3.05, 3.63) is 26.9 Å². The maximum atomic E-state index is 13.7. The number of nitrogens with two attached hydrogens (primary N) is 1. The number of amides is 2. The number of carbonyl (C=O) groups is 1. The number of guanidine groups is 1. The fourth-order valence-corrected chi connectivity index (χ4v) is 2.54. The third kappa shape index (κ3) is 5.46. The Morgan fingerprint density at radius 3 is 2.45 bits per heavy atom. The van der Waals surface area contributed by atoms with Crippen molar-refractivity contribution in [3.8, 4) is 0 Å². The predicted molar refractivity (Wildman–Crippen MR) is 84.5 cm³/mol. The molecule has 8 heteroatoms. The van der Waals surface area contributed by atoms with Crippen LogP contribution < -0.4 is 16.4 Å². The van der Waals surface area contributed by atoms with Crippen LogP contribution in [0, 0.1) is 5.82 Å². The summed E-state index contributed by atoms with van der Waals surface area (Å²) in [6, 6.07) is 2.38. The fourth-order valence-electron chi connectivity index (χ4n) is 1.28. The topological polar surface area (TPSA) is 79.5 Å². The van der Waals surface area contributed by atoms with Crippen LogP contribution in [0.4, 0.5) is 14.9 Å². The first-order chi connectivity index (χ1) is 9.08. The van der Waals surface area contributed by atoms with Gasteiger partial charge in [0.1, 0.15) is 5.69 Å². The van der Waals surface area contributed by atoms with Crippen molar-refractivity contribution in [3.63, 3.8) is 0 Å². The second-order valence-electron chi connectivity index (χ2n) is 5.04. The lowest BCUT2D eigenvalue weighted by Gasteiger charge is -2.20. The number of hydrogen-bond donors (Lipinski definition) is 3. The molecule has 1 rings (SSSR count). The smallest absolute Gasteiger partial charge is 0.321 e. The highest BCUT2D eigenvalue weighted by Gasteiger charge is 2.14. The molecule has 0 saturated carbocycles. The number of benzene rings is 1. The molecular formula is C12H15Br2FN4O. The molecule has 0 fully saturated rings. The van der Waals surface area contributed by atoms with Crippen LogP contribution in [-0.4, -0.2) is 17.5 Å². The lowest BCUT2D eigenvalue weighted by atomic mass is 10.1. The molecule has 110 valence electrons. The van der Waals surface area contributed by atoms with Crippen LogP contribution in [0.1, 0.15) is 20.8 Å². The number of urea groups is 1. The molecule has 20 heavy (non-hydrogen) atoms. The summed E-state index contributed by atoms with van der Waals surface area (Å²) in [7, 11) is 0. The number of rotatable bonds is 1. The van der Waals surface area contributed by atoms with Gasteiger partial charge < -0.3 is 11.1 Å². The number of carbonyl (C=O) groups excluding carboxylic acids is 1. The van der Waals surface area contributed by atoms with Gasteiger partial charge in [-0.1, -0.05) is 15.9 Å². The van der Waals surface area contributed by atoms with E-state index in [2.05, 4.69) is 47.5 Å². The molecular weight excluding hydrogens is 395 g/mol. The van der Waals surface area contributed by atoms with Gasteiger partial charge in [-0.25, -0.2) is 14.2 Å². The van der Waals surface area contributed by atoms with Crippen molar-refractivity contribution >= 4 is 49.5 Å². The fraction of sp³-hybridized carbons (Fsp3) is 0.333. The lowest BCUT2D eigenvalue weighted by molar-refractivity contribution is 0.236. The van der Waals surface area contributed by atoms with Gasteiger partial charge in [-0.3, -0.25) is 5.32 Å². The van der Waals surface area contributed by atoms with Crippen LogP contribution in [0.2, 0.25) is 0 Å². The van der Waals surface area contributed by atoms with Crippen LogP contribution in [0.15, 0.2) is 26.1 Å². The van der Waals surface area contributed by atoms with Gasteiger partial charge in [0.2, 0.25) is 5.96 Å². The quantitative estimate of drug-likeness (QED) is 0.490. The number of aliphatic imine (C=N–C) groups is 1. The average Bonchev–Trinajstić information content (AvgIpc) is 2.20. The number of halogens is 3. The van der Waals surface area contributed by atoms with E-state index >= 15 is 0 Å². The first kappa shape index (κ1) is 16.9. The van der Waals surface area contributed by atoms with E-state index in [0.717, 1.165) is 0 Å². The second kappa shape index (κ2) is 6.53. The molecule has 1 aromatic carbocycles. The first-order valence-electron chi connectivity index (χ1n) is 5.66. The van der Waals surface area contributed by atoms with Gasteiger partial charge in [0.25, 0.3) is 0 Å². The summed E-state index contributed by atoms with van der Waals surface area (Å²) in [6.45, 7) is 5.47. The van der Waals surface area contributed by atoms with E-state index < -0.39 is 17.4 Å². The summed E-state index contributed by atoms with van der Waals surface area (Å²) in [4.78, 5) is 15.4. The third-order valence-corrected chi connectivity index (χ3v) is 3.01. The van der Waals surface area contributed by atoms with Crippen molar-refractivity contribution in [2.75, 3.05) is 0 Å². The highest BCUT2D eigenvalue weighted by atomic mass is 79.9. The van der Waals surface area contributed by atoms with Gasteiger partial charge in [-0.05, 0) is 48.8 Å². The van der Waals surface area contributed by atoms with Gasteiger partial charge in [-0.2, -0.15) is 0 Å². The Hall–Kier alpha value is -1.15. The molecule has 4 N–H and O–H groups in total. The molecule has 2 amide bonds. The third-order valence-electron chi connectivity index (χ3n) is 1.94. The molecule has 0 radical (unpaired) electrons. The summed E-state index contributed by atoms with van der Waals surface area (Å²) in [6.07, 6.45) is 0. The first-order valence-corrected chi connectivity index (χ1v) is 7.25. The minimum atomic E-state index is -0.563. The predicted octanol–water partition coefficient (Wildman–Crippen LogP) is 3.39. The van der Waals surface area contributed by atoms with Gasteiger partial charge in [0.05, 0.1) is 0 Å². The maximum absolute atomic E-state index is 13.7. The summed E-state index contributed by atoms with van der Waals surface area (Å²) in [5.41, 5.74) is 5.19. The lowest BCUT2D eigenvalue weighted by Crippen LogP contribution is -2.50. The van der Waals surface area contributed by atoms with Crippen molar-refractivity contribution < 1.29 is 9.18 Å². The van der Waals surface area contributed by atoms with E-state index in [-0.39, 0.29) is 11.6 Å². The Labute approximate surface area is 133 Å². The average molecular weight is 410 g/mol. The molecule has 0 unspecified atom stereocenters. The van der Waals surface area contributed by atoms with Crippen LogP contribution in [0.3, 0.4) is 0 Å². The zero-order valence-corrected chi connectivity index (χ0v) is 14.4. The SMILES string of the molecule is CC(C)(C)NC(=O)NC(N)=Nc1c(F)cc(Br)cc1Br. The highest BCUT2D eigenvalue weighted by Crippen LogP contribution is 2.31. The van der Waals surface area contributed by atoms with Crippen molar-refractivity contribution in [1.29, 1.82) is 0 Å². The molecule has 5 nitrogen and oxygen atoms in total. The molecule has 0 atom stereocenters. The van der Waals surface area contributed by atoms with E-state index in [1.807, 2.05) is 20.8 Å². The molecule has 1 aromatic rings. The van der Waals surface area contributed by atoms with Crippen molar-refractivity contribution in [2.45, 2.75) is 26.3 Å². The highest BCUT2D eigenvalue weighted by molar-refractivity contribution is 9.11. The number of nitrogens with one attached hydrogen (secondary N) is 2. The van der Waals surface area contributed by atoms with Crippen LogP contribution in [0.5, 0.6) is 0 Å². The Kier molecular flexibility index (Phi) is 5.52. The molecule has 0 aliphatic carbocycles. The monoisotopic (exact) mass is 408 g/mol. The Morgan fingerprint density at radius 2 is 1.95 bits per heavy atom. The van der Waals surface area contributed by atoms with Crippen LogP contribution >= 0.6 is 31.9 Å². The molecule has 0 aromatic heterocycles. The molecule has 0 aliphatic rings. The minimum Gasteiger partial charge on any atom is -0.369 e. The molecule has 0 bridgehead atoms. The largest absolute Gasteiger partial charge is 0.369 e. The Balaban J connectivity index is 2.87. The summed E-state index contributed by atoms with van der Waals surface area (Å²) < 4.78 is 14.7. The van der Waals surface area contributed by atoms with E-state index in [0.29, 0.717) is 8.95 Å². The van der Waals surface area contributed by atoms with E-state index in [1.54, 1.807) is 6.07 Å². The van der Waals surface area contributed by atoms with Crippen LogP contribution in [0.25, 0.3) is 0 Å². The summed E-state index contributed by atoms with van der Waals surface area (Å²) in [5, 5.41) is 4.98. The number of hydrogen-bond acceptors (Lipinski definition) is 2. The van der Waals surface area contributed by atoms with E-state index in [4.69, 9.17) is 5.73 Å². The second-order valence-corrected chi connectivity index (χ2v) is 6.81. The Morgan fingerprint density at radius 1 is 1.35 bits per heavy atom. The van der Waals surface area contributed by atoms with E-state index in [9.17, 15) is 9.18 Å². The van der Waals surface area contributed by atoms with Gasteiger partial charge in [-0.15, -0.1) is 0 Å². The molecule has 0 spiro atoms. The summed E-state index contributed by atoms with van der Waals surface area (Å²) >= 11 is 6.34. The standard InChI is InChI=1S/C12H15Br2FN4O/c1-12(2,3)19-11(20)18-10(16)17-9-7(14)4-6(13)5-8(9)15/h4-5H,1-3H3,(H4,16,17,18,19,20). The normalized spacial score (nSPS) is 12.2. The van der Waals surface area contributed by atoms with E-state index in [1.165, 1.54) is 6.07 Å². The van der Waals surface area contributed by atoms with Crippen molar-refractivity contribution in [1.82, 2.24) is 10.6 Å². The number of nitrogens with zero attached hydrogens (tertiary/aromatic N) is 1. The molecule has 0 saturated heterocycles. The summed E-state index contributed by atoms with van der Waals surface area (Å²) in [5.74, 6) is -0.763. The minimum absolute atomic E-state index is 0.0155. The van der Waals surface area contributed by atoms with Gasteiger partial charge in [0, 0.05) is 14.5 Å². The maximum Gasteiger partial charge on any atom is 0.321 e. The van der Waals surface area contributed by atoms with Gasteiger partial charge in [0.15, 0.2) is 5.82 Å². The molecule has 0 heterocycles. The Bertz CT molecular complexity index is 532. The zero-order valence-electron chi connectivity index (χ0n) is 11.2. The van der Waals surface area contributed by atoms with Crippen molar-refractivity contribution in [2.24, 2.45) is 10.7 Å².